The molecule has 13 nitrogen and oxygen atoms in total. The van der Waals surface area contributed by atoms with Crippen molar-refractivity contribution in [2.24, 2.45) is 23.2 Å². The molecule has 0 saturated carbocycles. The van der Waals surface area contributed by atoms with Gasteiger partial charge in [0.2, 0.25) is 0 Å². The van der Waals surface area contributed by atoms with Crippen LogP contribution >= 0.6 is 0 Å². The maximum Gasteiger partial charge on any atom is 0.339 e. The van der Waals surface area contributed by atoms with Gasteiger partial charge in [-0.3, -0.25) is 10.0 Å². The molecule has 3 rings (SSSR count). The number of phenols is 2. The zero-order valence-electron chi connectivity index (χ0n) is 20.5. The fourth-order valence-corrected chi connectivity index (χ4v) is 3.45. The second-order valence-electron chi connectivity index (χ2n) is 8.16. The lowest BCUT2D eigenvalue weighted by Gasteiger charge is -2.23. The Labute approximate surface area is 217 Å². The number of nitrogens with two attached hydrogens (primary N) is 4. The Morgan fingerprint density at radius 1 is 0.711 bits per heavy atom. The van der Waals surface area contributed by atoms with E-state index in [1.165, 1.54) is 46.4 Å². The number of hydrazine groups is 2. The van der Waals surface area contributed by atoms with Crippen molar-refractivity contribution in [3.63, 3.8) is 0 Å². The summed E-state index contributed by atoms with van der Waals surface area (Å²) in [5, 5.41) is 40.5. The first kappa shape index (κ1) is 27.3. The molecule has 198 valence electrons. The van der Waals surface area contributed by atoms with Crippen molar-refractivity contribution < 1.29 is 30.0 Å². The van der Waals surface area contributed by atoms with E-state index in [1.54, 1.807) is 32.0 Å². The highest BCUT2D eigenvalue weighted by molar-refractivity contribution is 5.92. The van der Waals surface area contributed by atoms with Crippen LogP contribution in [0.3, 0.4) is 0 Å². The van der Waals surface area contributed by atoms with Gasteiger partial charge in [-0.2, -0.15) is 0 Å². The lowest BCUT2D eigenvalue weighted by atomic mass is 10.1. The van der Waals surface area contributed by atoms with Gasteiger partial charge < -0.3 is 31.9 Å². The van der Waals surface area contributed by atoms with Crippen molar-refractivity contribution in [1.29, 1.82) is 0 Å². The highest BCUT2D eigenvalue weighted by Crippen LogP contribution is 2.28. The molecule has 0 unspecified atom stereocenters. The number of aromatic hydroxyl groups is 2. The third-order valence-electron chi connectivity index (χ3n) is 5.78. The minimum absolute atomic E-state index is 0.181. The van der Waals surface area contributed by atoms with Crippen LogP contribution in [0, 0.1) is 0 Å². The Morgan fingerprint density at radius 2 is 1.08 bits per heavy atom. The summed E-state index contributed by atoms with van der Waals surface area (Å²) in [7, 11) is 0. The van der Waals surface area contributed by atoms with E-state index in [0.717, 1.165) is 0 Å². The largest absolute Gasteiger partial charge is 0.507 e. The van der Waals surface area contributed by atoms with Gasteiger partial charge >= 0.3 is 11.9 Å². The predicted octanol–water partition coefficient (Wildman–Crippen LogP) is 1.94. The Bertz CT molecular complexity index is 1380. The number of pyridine rings is 1. The van der Waals surface area contributed by atoms with Crippen LogP contribution in [0.4, 0.5) is 11.4 Å². The maximum absolute atomic E-state index is 11.1. The molecule has 0 fully saturated rings. The van der Waals surface area contributed by atoms with Crippen molar-refractivity contribution in [3.8, 4) is 11.5 Å². The van der Waals surface area contributed by atoms with Gasteiger partial charge in [0.1, 0.15) is 22.6 Å². The smallest absolute Gasteiger partial charge is 0.339 e. The molecule has 0 bridgehead atoms. The van der Waals surface area contributed by atoms with Gasteiger partial charge in [0.25, 0.3) is 0 Å². The van der Waals surface area contributed by atoms with Crippen LogP contribution in [-0.4, -0.2) is 37.3 Å². The number of aromatic nitrogens is 1. The third kappa shape index (κ3) is 5.43. The van der Waals surface area contributed by atoms with E-state index in [0.29, 0.717) is 22.8 Å². The van der Waals surface area contributed by atoms with Gasteiger partial charge in [-0.05, 0) is 50.2 Å². The lowest BCUT2D eigenvalue weighted by Crippen LogP contribution is -2.31. The highest BCUT2D eigenvalue weighted by atomic mass is 16.4. The maximum atomic E-state index is 11.1. The van der Waals surface area contributed by atoms with Gasteiger partial charge in [-0.25, -0.2) is 26.3 Å². The van der Waals surface area contributed by atoms with Crippen molar-refractivity contribution in [3.05, 3.63) is 88.5 Å². The molecule has 38 heavy (non-hydrogen) atoms. The summed E-state index contributed by atoms with van der Waals surface area (Å²) < 4.78 is 0. The van der Waals surface area contributed by atoms with Gasteiger partial charge in [-0.15, -0.1) is 0 Å². The number of allylic oxidation sites excluding steroid dienone is 2. The summed E-state index contributed by atoms with van der Waals surface area (Å²) >= 11 is 0. The molecule has 0 aliphatic heterocycles. The number of benzene rings is 2. The van der Waals surface area contributed by atoms with Crippen molar-refractivity contribution in [2.45, 2.75) is 13.8 Å². The van der Waals surface area contributed by atoms with Crippen molar-refractivity contribution >= 4 is 34.7 Å². The molecule has 0 atom stereocenters. The van der Waals surface area contributed by atoms with Gasteiger partial charge in [-0.1, -0.05) is 6.07 Å². The molecular weight excluding hydrogens is 494 g/mol. The highest BCUT2D eigenvalue weighted by Gasteiger charge is 2.17. The molecular formula is C25H27N7O6. The molecule has 0 spiro atoms. The van der Waals surface area contributed by atoms with Crippen LogP contribution < -0.4 is 33.2 Å². The number of hydrogen-bond acceptors (Lipinski definition) is 11. The summed E-state index contributed by atoms with van der Waals surface area (Å²) in [5.41, 5.74) is 14.4. The molecule has 3 aromatic rings. The Morgan fingerprint density at radius 3 is 1.39 bits per heavy atom. The number of hydrogen-bond donors (Lipinski definition) is 8. The first-order chi connectivity index (χ1) is 17.8. The van der Waals surface area contributed by atoms with E-state index in [9.17, 15) is 19.8 Å². The number of nitrogens with zero attached hydrogens (tertiary/aromatic N) is 3. The van der Waals surface area contributed by atoms with Gasteiger partial charge in [0.05, 0.1) is 45.6 Å². The number of anilines is 2. The number of carboxylic acid groups (broad SMARTS) is 2. The summed E-state index contributed by atoms with van der Waals surface area (Å²) in [5.74, 6) is 8.84. The Kier molecular flexibility index (Phi) is 7.75. The summed E-state index contributed by atoms with van der Waals surface area (Å²) in [6.45, 7) is 3.23. The zero-order chi connectivity index (χ0) is 28.3. The van der Waals surface area contributed by atoms with Crippen LogP contribution in [0.15, 0.2) is 66.0 Å². The zero-order valence-corrected chi connectivity index (χ0v) is 20.5. The predicted molar refractivity (Wildman–Crippen MR) is 141 cm³/mol. The second-order valence-corrected chi connectivity index (χ2v) is 8.16. The monoisotopic (exact) mass is 521 g/mol. The average molecular weight is 522 g/mol. The summed E-state index contributed by atoms with van der Waals surface area (Å²) in [6.07, 6.45) is 0. The molecule has 13 heteroatoms. The molecule has 1 aromatic heterocycles. The van der Waals surface area contributed by atoms with Crippen molar-refractivity contribution in [2.75, 3.05) is 10.0 Å². The van der Waals surface area contributed by atoms with Gasteiger partial charge in [0.15, 0.2) is 0 Å². The molecule has 0 aliphatic carbocycles. The molecule has 2 aromatic carbocycles. The minimum Gasteiger partial charge on any atom is -0.507 e. The first-order valence-electron chi connectivity index (χ1n) is 11.0. The van der Waals surface area contributed by atoms with E-state index in [2.05, 4.69) is 4.98 Å². The topological polar surface area (TPSA) is 239 Å². The van der Waals surface area contributed by atoms with Crippen LogP contribution in [0.2, 0.25) is 0 Å². The SMILES string of the molecule is C/C(=C(/N)c1cccc(/C(N)=C(\C)N(N)c2ccc(C(=O)O)c(O)c2)n1)N(N)c1ccc(C(=O)O)c(O)c1. The third-order valence-corrected chi connectivity index (χ3v) is 5.78. The van der Waals surface area contributed by atoms with Crippen molar-refractivity contribution in [1.82, 2.24) is 4.98 Å². The normalized spacial score (nSPS) is 12.3. The summed E-state index contributed by atoms with van der Waals surface area (Å²) in [4.78, 5) is 26.8. The van der Waals surface area contributed by atoms with Crippen LogP contribution in [0.25, 0.3) is 11.4 Å². The lowest BCUT2D eigenvalue weighted by molar-refractivity contribution is 0.0682. The number of aromatic carboxylic acids is 2. The number of carboxylic acids is 2. The Hall–Kier alpha value is -5.27. The first-order valence-corrected chi connectivity index (χ1v) is 11.0. The van der Waals surface area contributed by atoms with Crippen LogP contribution in [0.5, 0.6) is 11.5 Å². The number of carbonyl (C=O) groups is 2. The molecule has 12 N–H and O–H groups in total. The summed E-state index contributed by atoms with van der Waals surface area (Å²) in [6, 6.07) is 12.6. The van der Waals surface area contributed by atoms with E-state index < -0.39 is 23.4 Å². The van der Waals surface area contributed by atoms with E-state index in [-0.39, 0.29) is 33.9 Å². The van der Waals surface area contributed by atoms with Crippen LogP contribution in [0.1, 0.15) is 46.0 Å². The molecule has 1 heterocycles. The number of rotatable bonds is 8. The van der Waals surface area contributed by atoms with E-state index in [1.807, 2.05) is 0 Å². The minimum atomic E-state index is -1.28. The van der Waals surface area contributed by atoms with E-state index >= 15 is 0 Å². The molecule has 0 saturated heterocycles. The molecule has 0 radical (unpaired) electrons. The fourth-order valence-electron chi connectivity index (χ4n) is 3.45. The van der Waals surface area contributed by atoms with E-state index in [4.69, 9.17) is 33.4 Å². The molecule has 0 aliphatic rings. The Balaban J connectivity index is 1.93. The quantitative estimate of drug-likeness (QED) is 0.156. The fraction of sp³-hybridized carbons (Fsp3) is 0.0800. The average Bonchev–Trinajstić information content (AvgIpc) is 2.89. The second kappa shape index (κ2) is 10.8. The standard InChI is InChI=1S/C25H27N7O6/c1-12(31(28)14-6-8-16(24(35)36)20(33)10-14)22(26)18-4-3-5-19(30-18)23(27)13(2)32(29)15-7-9-17(25(37)38)21(34)11-15/h3-11,33-34H,26-29H2,1-2H3,(H,35,36)(H,37,38)/b22-12-,23-13-. The van der Waals surface area contributed by atoms with Crippen LogP contribution in [-0.2, 0) is 0 Å². The molecule has 0 amide bonds. The van der Waals surface area contributed by atoms with Gasteiger partial charge in [0, 0.05) is 12.1 Å².